The van der Waals surface area contributed by atoms with Gasteiger partial charge in [0.25, 0.3) is 0 Å². The summed E-state index contributed by atoms with van der Waals surface area (Å²) in [5, 5.41) is 0. The summed E-state index contributed by atoms with van der Waals surface area (Å²) in [7, 11) is 0. The van der Waals surface area contributed by atoms with E-state index in [9.17, 15) is 9.70 Å². The molecule has 0 aromatic carbocycles. The molecule has 7 nitrogen and oxygen atoms in total. The third-order valence-corrected chi connectivity index (χ3v) is 4.00. The minimum Gasteiger partial charge on any atom is -0.444 e. The Bertz CT molecular complexity index is 453. The van der Waals surface area contributed by atoms with Crippen molar-refractivity contribution in [3.63, 3.8) is 0 Å². The van der Waals surface area contributed by atoms with E-state index in [0.29, 0.717) is 25.2 Å². The average Bonchev–Trinajstić information content (AvgIpc) is 2.42. The Morgan fingerprint density at radius 1 is 1.68 bits per heavy atom. The van der Waals surface area contributed by atoms with Gasteiger partial charge in [-0.1, -0.05) is 32.6 Å². The van der Waals surface area contributed by atoms with E-state index in [-0.39, 0.29) is 12.6 Å². The van der Waals surface area contributed by atoms with Gasteiger partial charge in [0.05, 0.1) is 12.6 Å². The van der Waals surface area contributed by atoms with Crippen LogP contribution in [0.15, 0.2) is 27.8 Å². The van der Waals surface area contributed by atoms with Gasteiger partial charge < -0.3 is 9.64 Å². The fourth-order valence-electron chi connectivity index (χ4n) is 1.68. The van der Waals surface area contributed by atoms with Crippen LogP contribution in [0.3, 0.4) is 0 Å². The number of hydrogen-bond acceptors (Lipinski definition) is 7. The highest BCUT2D eigenvalue weighted by Gasteiger charge is 2.33. The summed E-state index contributed by atoms with van der Waals surface area (Å²) in [6.07, 6.45) is 2.97. The van der Waals surface area contributed by atoms with Gasteiger partial charge in [-0.3, -0.25) is 4.84 Å². The van der Waals surface area contributed by atoms with E-state index in [1.807, 2.05) is 26.8 Å². The third kappa shape index (κ3) is 6.07. The SMILES string of the molecule is C=CCON(SN=O)C1CN(C(=O)OC(C)(C)C)CC=C1Br. The maximum atomic E-state index is 12.2. The second kappa shape index (κ2) is 8.66. The lowest BCUT2D eigenvalue weighted by Gasteiger charge is -2.35. The van der Waals surface area contributed by atoms with Gasteiger partial charge in [0.2, 0.25) is 0 Å². The van der Waals surface area contributed by atoms with Crippen LogP contribution >= 0.6 is 28.1 Å². The highest BCUT2D eigenvalue weighted by atomic mass is 79.9. The molecule has 22 heavy (non-hydrogen) atoms. The van der Waals surface area contributed by atoms with Crippen LogP contribution in [0.25, 0.3) is 0 Å². The van der Waals surface area contributed by atoms with Crippen molar-refractivity contribution in [3.8, 4) is 0 Å². The van der Waals surface area contributed by atoms with Gasteiger partial charge in [-0.2, -0.15) is 0 Å². The Morgan fingerprint density at radius 3 is 2.91 bits per heavy atom. The molecule has 0 saturated carbocycles. The molecule has 0 aromatic rings. The first-order valence-corrected chi connectivity index (χ1v) is 8.17. The molecule has 1 heterocycles. The van der Waals surface area contributed by atoms with Gasteiger partial charge in [-0.05, 0) is 20.8 Å². The molecular weight excluding hydrogens is 374 g/mol. The van der Waals surface area contributed by atoms with Crippen LogP contribution in [0, 0.1) is 4.91 Å². The maximum absolute atomic E-state index is 12.2. The lowest BCUT2D eigenvalue weighted by Crippen LogP contribution is -2.48. The average molecular weight is 394 g/mol. The van der Waals surface area contributed by atoms with Crippen LogP contribution in [0.5, 0.6) is 0 Å². The monoisotopic (exact) mass is 393 g/mol. The number of hydrogen-bond donors (Lipinski definition) is 0. The van der Waals surface area contributed by atoms with Gasteiger partial charge in [0.1, 0.15) is 17.7 Å². The number of amides is 1. The van der Waals surface area contributed by atoms with Crippen molar-refractivity contribution in [1.82, 2.24) is 9.37 Å². The summed E-state index contributed by atoms with van der Waals surface area (Å²) in [5.74, 6) is 0. The second-order valence-electron chi connectivity index (χ2n) is 5.52. The Balaban J connectivity index is 2.79. The normalized spacial score (nSPS) is 18.9. The summed E-state index contributed by atoms with van der Waals surface area (Å²) in [6, 6.07) is -0.357. The zero-order valence-corrected chi connectivity index (χ0v) is 15.2. The van der Waals surface area contributed by atoms with E-state index in [4.69, 9.17) is 9.57 Å². The number of hydroxylamine groups is 1. The minimum atomic E-state index is -0.566. The van der Waals surface area contributed by atoms with Crippen molar-refractivity contribution in [2.24, 2.45) is 4.58 Å². The molecule has 0 saturated heterocycles. The topological polar surface area (TPSA) is 71.4 Å². The van der Waals surface area contributed by atoms with E-state index in [2.05, 4.69) is 27.1 Å². The van der Waals surface area contributed by atoms with Crippen LogP contribution in [-0.4, -0.2) is 46.8 Å². The Labute approximate surface area is 143 Å². The van der Waals surface area contributed by atoms with E-state index in [1.54, 1.807) is 6.08 Å². The van der Waals surface area contributed by atoms with Crippen LogP contribution in [-0.2, 0) is 9.57 Å². The van der Waals surface area contributed by atoms with Crippen LogP contribution in [0.2, 0.25) is 0 Å². The number of ether oxygens (including phenoxy) is 1. The van der Waals surface area contributed by atoms with Gasteiger partial charge in [0, 0.05) is 22.2 Å². The number of nitroso groups, excluding NO2 is 1. The van der Waals surface area contributed by atoms with E-state index in [1.165, 1.54) is 9.37 Å². The zero-order valence-electron chi connectivity index (χ0n) is 12.8. The Morgan fingerprint density at radius 2 is 2.36 bits per heavy atom. The molecule has 0 N–H and O–H groups in total. The van der Waals surface area contributed by atoms with Crippen LogP contribution in [0.1, 0.15) is 20.8 Å². The van der Waals surface area contributed by atoms with Crippen LogP contribution in [0.4, 0.5) is 4.79 Å². The number of nitrogens with zero attached hydrogens (tertiary/aromatic N) is 3. The molecule has 124 valence electrons. The molecule has 0 radical (unpaired) electrons. The molecule has 0 spiro atoms. The molecule has 1 atom stereocenters. The molecule has 1 rings (SSSR count). The zero-order chi connectivity index (χ0) is 16.8. The standard InChI is InChI=1S/C13H20BrN3O4S/c1-5-8-20-17(22-15-19)11-9-16(7-6-10(11)14)12(18)21-13(2,3)4/h5-6,11H,1,7-9H2,2-4H3. The fraction of sp³-hybridized carbons (Fsp3) is 0.615. The maximum Gasteiger partial charge on any atom is 0.410 e. The first-order valence-electron chi connectivity index (χ1n) is 6.64. The summed E-state index contributed by atoms with van der Waals surface area (Å²) in [5.41, 5.74) is -0.566. The fourth-order valence-corrected chi connectivity index (χ4v) is 2.76. The van der Waals surface area contributed by atoms with Crippen molar-refractivity contribution in [2.75, 3.05) is 19.7 Å². The highest BCUT2D eigenvalue weighted by molar-refractivity contribution is 9.11. The third-order valence-electron chi connectivity index (χ3n) is 2.56. The first-order chi connectivity index (χ1) is 10.3. The van der Waals surface area contributed by atoms with Crippen molar-refractivity contribution < 1.29 is 14.4 Å². The predicted octanol–water partition coefficient (Wildman–Crippen LogP) is 3.63. The molecule has 0 aromatic heterocycles. The molecule has 0 aliphatic carbocycles. The van der Waals surface area contributed by atoms with Crippen molar-refractivity contribution in [2.45, 2.75) is 32.4 Å². The summed E-state index contributed by atoms with van der Waals surface area (Å²) in [4.78, 5) is 29.7. The van der Waals surface area contributed by atoms with Gasteiger partial charge in [-0.15, -0.1) is 11.5 Å². The molecular formula is C13H20BrN3O4S. The smallest absolute Gasteiger partial charge is 0.410 e. The molecule has 0 fully saturated rings. The number of halogens is 1. The molecule has 1 aliphatic heterocycles. The second-order valence-corrected chi connectivity index (χ2v) is 7.10. The lowest BCUT2D eigenvalue weighted by atomic mass is 10.2. The molecule has 1 unspecified atom stereocenters. The van der Waals surface area contributed by atoms with Gasteiger partial charge >= 0.3 is 6.09 Å². The molecule has 0 bridgehead atoms. The van der Waals surface area contributed by atoms with E-state index < -0.39 is 11.7 Å². The van der Waals surface area contributed by atoms with Crippen molar-refractivity contribution in [1.29, 1.82) is 0 Å². The molecule has 1 aliphatic rings. The van der Waals surface area contributed by atoms with E-state index >= 15 is 0 Å². The Kier molecular flexibility index (Phi) is 7.54. The van der Waals surface area contributed by atoms with Crippen LogP contribution < -0.4 is 0 Å². The lowest BCUT2D eigenvalue weighted by molar-refractivity contribution is -0.0860. The predicted molar refractivity (Wildman–Crippen MR) is 90.0 cm³/mol. The summed E-state index contributed by atoms with van der Waals surface area (Å²) in [6.45, 7) is 9.94. The number of carbonyl (C=O) groups is 1. The van der Waals surface area contributed by atoms with Gasteiger partial charge in [0.15, 0.2) is 0 Å². The Hall–Kier alpha value is -0.900. The van der Waals surface area contributed by atoms with E-state index in [0.717, 1.165) is 4.48 Å². The molecule has 1 amide bonds. The summed E-state index contributed by atoms with van der Waals surface area (Å²) >= 11 is 4.07. The number of rotatable bonds is 6. The largest absolute Gasteiger partial charge is 0.444 e. The van der Waals surface area contributed by atoms with Gasteiger partial charge in [-0.25, -0.2) is 4.79 Å². The minimum absolute atomic E-state index is 0.228. The first kappa shape index (κ1) is 19.1. The molecule has 9 heteroatoms. The quantitative estimate of drug-likeness (QED) is 0.297. The summed E-state index contributed by atoms with van der Waals surface area (Å²) < 4.78 is 10.3. The van der Waals surface area contributed by atoms with Crippen molar-refractivity contribution in [3.05, 3.63) is 28.1 Å². The highest BCUT2D eigenvalue weighted by Crippen LogP contribution is 2.28. The van der Waals surface area contributed by atoms with Crippen molar-refractivity contribution >= 4 is 34.2 Å². The number of carbonyl (C=O) groups excluding carboxylic acids is 1.